The number of hydrogen-bond donors (Lipinski definition) is 2. The molecule has 32 heavy (non-hydrogen) atoms. The van der Waals surface area contributed by atoms with Gasteiger partial charge in [-0.3, -0.25) is 9.59 Å². The third-order valence-corrected chi connectivity index (χ3v) is 5.68. The molecular weight excluding hydrogens is 430 g/mol. The van der Waals surface area contributed by atoms with Gasteiger partial charge in [-0.25, -0.2) is 0 Å². The van der Waals surface area contributed by atoms with Crippen LogP contribution in [-0.2, 0) is 9.53 Å². The molecule has 8 heteroatoms. The van der Waals surface area contributed by atoms with E-state index in [-0.39, 0.29) is 18.4 Å². The van der Waals surface area contributed by atoms with E-state index in [2.05, 4.69) is 22.5 Å². The summed E-state index contributed by atoms with van der Waals surface area (Å²) in [7, 11) is 1.59. The SMILES string of the molecule is COCCNC(=O)c1cc(NC(=O)COc2ccc(Cl)cc2)ccc1N1CCC(C)CC1. The Bertz CT molecular complexity index is 912. The van der Waals surface area contributed by atoms with Crippen LogP contribution < -0.4 is 20.3 Å². The number of piperidine rings is 1. The van der Waals surface area contributed by atoms with Crippen LogP contribution in [0.25, 0.3) is 0 Å². The summed E-state index contributed by atoms with van der Waals surface area (Å²) in [5, 5.41) is 6.29. The van der Waals surface area contributed by atoms with Crippen molar-refractivity contribution in [1.82, 2.24) is 5.32 Å². The molecule has 2 N–H and O–H groups in total. The van der Waals surface area contributed by atoms with Crippen LogP contribution in [0.3, 0.4) is 0 Å². The second-order valence-electron chi connectivity index (χ2n) is 7.94. The highest BCUT2D eigenvalue weighted by molar-refractivity contribution is 6.30. The summed E-state index contributed by atoms with van der Waals surface area (Å²) in [6, 6.07) is 12.2. The molecule has 0 aromatic heterocycles. The summed E-state index contributed by atoms with van der Waals surface area (Å²) >= 11 is 5.86. The van der Waals surface area contributed by atoms with Crippen molar-refractivity contribution < 1.29 is 19.1 Å². The van der Waals surface area contributed by atoms with E-state index in [4.69, 9.17) is 21.1 Å². The largest absolute Gasteiger partial charge is 0.484 e. The maximum absolute atomic E-state index is 12.9. The highest BCUT2D eigenvalue weighted by Gasteiger charge is 2.22. The van der Waals surface area contributed by atoms with Crippen LogP contribution in [0, 0.1) is 5.92 Å². The zero-order chi connectivity index (χ0) is 22.9. The van der Waals surface area contributed by atoms with Crippen LogP contribution in [0.1, 0.15) is 30.1 Å². The summed E-state index contributed by atoms with van der Waals surface area (Å²) < 4.78 is 10.5. The lowest BCUT2D eigenvalue weighted by molar-refractivity contribution is -0.118. The standard InChI is InChI=1S/C24H30ClN3O4/c1-17-9-12-28(13-10-17)22-8-5-19(15-21(22)24(30)26-11-14-31-2)27-23(29)16-32-20-6-3-18(25)4-7-20/h3-8,15,17H,9-14,16H2,1-2H3,(H,26,30)(H,27,29). The molecule has 1 heterocycles. The van der Waals surface area contributed by atoms with E-state index in [0.29, 0.717) is 41.1 Å². The Labute approximate surface area is 194 Å². The number of nitrogens with zero attached hydrogens (tertiary/aromatic N) is 1. The number of halogens is 1. The van der Waals surface area contributed by atoms with Crippen LogP contribution in [0.15, 0.2) is 42.5 Å². The van der Waals surface area contributed by atoms with Crippen molar-refractivity contribution >= 4 is 34.8 Å². The maximum atomic E-state index is 12.9. The van der Waals surface area contributed by atoms with E-state index in [1.807, 2.05) is 12.1 Å². The van der Waals surface area contributed by atoms with E-state index in [0.717, 1.165) is 31.6 Å². The smallest absolute Gasteiger partial charge is 0.262 e. The first kappa shape index (κ1) is 23.9. The summed E-state index contributed by atoms with van der Waals surface area (Å²) in [6.07, 6.45) is 2.18. The van der Waals surface area contributed by atoms with Crippen molar-refractivity contribution in [3.8, 4) is 5.75 Å². The first-order valence-electron chi connectivity index (χ1n) is 10.8. The van der Waals surface area contributed by atoms with Gasteiger partial charge in [0.25, 0.3) is 11.8 Å². The van der Waals surface area contributed by atoms with Gasteiger partial charge in [-0.2, -0.15) is 0 Å². The number of amides is 2. The minimum Gasteiger partial charge on any atom is -0.484 e. The highest BCUT2D eigenvalue weighted by Crippen LogP contribution is 2.29. The molecule has 2 aromatic rings. The van der Waals surface area contributed by atoms with E-state index in [9.17, 15) is 9.59 Å². The molecule has 0 spiro atoms. The van der Waals surface area contributed by atoms with Crippen molar-refractivity contribution in [3.05, 3.63) is 53.1 Å². The first-order chi connectivity index (χ1) is 15.5. The zero-order valence-electron chi connectivity index (χ0n) is 18.5. The van der Waals surface area contributed by atoms with Crippen LogP contribution in [-0.4, -0.2) is 51.8 Å². The molecule has 2 aromatic carbocycles. The Balaban J connectivity index is 1.69. The highest BCUT2D eigenvalue weighted by atomic mass is 35.5. The van der Waals surface area contributed by atoms with Crippen molar-refractivity contribution in [2.45, 2.75) is 19.8 Å². The van der Waals surface area contributed by atoms with Gasteiger partial charge in [-0.1, -0.05) is 18.5 Å². The summed E-state index contributed by atoms with van der Waals surface area (Å²) in [4.78, 5) is 27.5. The number of nitrogens with one attached hydrogen (secondary N) is 2. The topological polar surface area (TPSA) is 79.9 Å². The molecule has 0 radical (unpaired) electrons. The van der Waals surface area contributed by atoms with Crippen LogP contribution >= 0.6 is 11.6 Å². The number of methoxy groups -OCH3 is 1. The molecule has 7 nitrogen and oxygen atoms in total. The number of anilines is 2. The fourth-order valence-corrected chi connectivity index (χ4v) is 3.69. The molecule has 0 aliphatic carbocycles. The average molecular weight is 460 g/mol. The molecule has 0 bridgehead atoms. The van der Waals surface area contributed by atoms with Gasteiger partial charge >= 0.3 is 0 Å². The van der Waals surface area contributed by atoms with Gasteiger partial charge in [-0.15, -0.1) is 0 Å². The van der Waals surface area contributed by atoms with Crippen molar-refractivity contribution in [1.29, 1.82) is 0 Å². The van der Waals surface area contributed by atoms with E-state index >= 15 is 0 Å². The Morgan fingerprint density at radius 3 is 2.53 bits per heavy atom. The average Bonchev–Trinajstić information content (AvgIpc) is 2.79. The quantitative estimate of drug-likeness (QED) is 0.554. The summed E-state index contributed by atoms with van der Waals surface area (Å²) in [5.74, 6) is 0.733. The summed E-state index contributed by atoms with van der Waals surface area (Å²) in [6.45, 7) is 4.75. The molecule has 172 valence electrons. The number of carbonyl (C=O) groups is 2. The van der Waals surface area contributed by atoms with Gasteiger partial charge in [0.2, 0.25) is 0 Å². The molecule has 0 unspecified atom stereocenters. The minimum absolute atomic E-state index is 0.150. The molecule has 2 amide bonds. The predicted molar refractivity (Wildman–Crippen MR) is 127 cm³/mol. The molecular formula is C24H30ClN3O4. The molecule has 1 fully saturated rings. The zero-order valence-corrected chi connectivity index (χ0v) is 19.3. The van der Waals surface area contributed by atoms with Crippen molar-refractivity contribution in [3.63, 3.8) is 0 Å². The lowest BCUT2D eigenvalue weighted by Gasteiger charge is -2.33. The number of carbonyl (C=O) groups excluding carboxylic acids is 2. The Hall–Kier alpha value is -2.77. The van der Waals surface area contributed by atoms with Crippen LogP contribution in [0.4, 0.5) is 11.4 Å². The Kier molecular flexibility index (Phi) is 8.76. The van der Waals surface area contributed by atoms with E-state index < -0.39 is 0 Å². The fraction of sp³-hybridized carbons (Fsp3) is 0.417. The second-order valence-corrected chi connectivity index (χ2v) is 8.38. The predicted octanol–water partition coefficient (Wildman–Crippen LogP) is 3.97. The Morgan fingerprint density at radius 2 is 1.84 bits per heavy atom. The number of ether oxygens (including phenoxy) is 2. The van der Waals surface area contributed by atoms with E-state index in [1.165, 1.54) is 0 Å². The third-order valence-electron chi connectivity index (χ3n) is 5.42. The van der Waals surface area contributed by atoms with Gasteiger partial charge in [0.05, 0.1) is 12.2 Å². The van der Waals surface area contributed by atoms with Gasteiger partial charge in [0, 0.05) is 43.1 Å². The fourth-order valence-electron chi connectivity index (χ4n) is 3.56. The second kappa shape index (κ2) is 11.7. The molecule has 1 aliphatic heterocycles. The van der Waals surface area contributed by atoms with E-state index in [1.54, 1.807) is 37.4 Å². The normalized spacial score (nSPS) is 14.2. The molecule has 1 saturated heterocycles. The van der Waals surface area contributed by atoms with Gasteiger partial charge in [0.1, 0.15) is 5.75 Å². The molecule has 1 aliphatic rings. The van der Waals surface area contributed by atoms with Crippen molar-refractivity contribution in [2.75, 3.05) is 50.2 Å². The van der Waals surface area contributed by atoms with Gasteiger partial charge in [-0.05, 0) is 61.2 Å². The van der Waals surface area contributed by atoms with Gasteiger partial charge < -0.3 is 25.0 Å². The number of benzene rings is 2. The lowest BCUT2D eigenvalue weighted by Crippen LogP contribution is -2.35. The Morgan fingerprint density at radius 1 is 1.12 bits per heavy atom. The summed E-state index contributed by atoms with van der Waals surface area (Å²) in [5.41, 5.74) is 1.95. The van der Waals surface area contributed by atoms with Crippen molar-refractivity contribution in [2.24, 2.45) is 5.92 Å². The molecule has 0 atom stereocenters. The molecule has 3 rings (SSSR count). The third kappa shape index (κ3) is 6.87. The van der Waals surface area contributed by atoms with Gasteiger partial charge in [0.15, 0.2) is 6.61 Å². The maximum Gasteiger partial charge on any atom is 0.262 e. The monoisotopic (exact) mass is 459 g/mol. The lowest BCUT2D eigenvalue weighted by atomic mass is 9.98. The van der Waals surface area contributed by atoms with Crippen LogP contribution in [0.2, 0.25) is 5.02 Å². The number of rotatable bonds is 9. The van der Waals surface area contributed by atoms with Crippen LogP contribution in [0.5, 0.6) is 5.75 Å². The molecule has 0 saturated carbocycles. The number of hydrogen-bond acceptors (Lipinski definition) is 5. The first-order valence-corrected chi connectivity index (χ1v) is 11.2. The minimum atomic E-state index is -0.315.